The molecule has 1 amide bonds. The topological polar surface area (TPSA) is 65.4 Å². The van der Waals surface area contributed by atoms with Crippen molar-refractivity contribution in [2.24, 2.45) is 0 Å². The van der Waals surface area contributed by atoms with Crippen molar-refractivity contribution < 1.29 is 14.3 Å². The number of nitrogens with zero attached hydrogens (tertiary/aromatic N) is 2. The Bertz CT molecular complexity index is 1230. The molecule has 4 aromatic rings. The third-order valence-corrected chi connectivity index (χ3v) is 5.62. The fourth-order valence-corrected chi connectivity index (χ4v) is 3.64. The number of methoxy groups -OCH3 is 1. The Kier molecular flexibility index (Phi) is 6.40. The number of carbonyl (C=O) groups is 1. The van der Waals surface area contributed by atoms with Gasteiger partial charge in [-0.15, -0.1) is 0 Å². The minimum atomic E-state index is -0.155. The van der Waals surface area contributed by atoms with E-state index in [-0.39, 0.29) is 5.91 Å². The van der Waals surface area contributed by atoms with Gasteiger partial charge in [0.05, 0.1) is 31.2 Å². The lowest BCUT2D eigenvalue weighted by atomic mass is 10.1. The van der Waals surface area contributed by atoms with Crippen LogP contribution in [-0.4, -0.2) is 29.2 Å². The SMILES string of the molecule is COc1ccc(C(=O)NCc2nc3ccccc3n2CCOc2cccc(C)c2C)cc1. The molecule has 1 N–H and O–H groups in total. The fourth-order valence-electron chi connectivity index (χ4n) is 3.64. The summed E-state index contributed by atoms with van der Waals surface area (Å²) in [6.07, 6.45) is 0. The fraction of sp³-hybridized carbons (Fsp3) is 0.231. The van der Waals surface area contributed by atoms with Crippen LogP contribution in [0.5, 0.6) is 11.5 Å². The molecule has 0 fully saturated rings. The van der Waals surface area contributed by atoms with Crippen LogP contribution in [-0.2, 0) is 13.1 Å². The molecule has 1 aromatic heterocycles. The van der Waals surface area contributed by atoms with Gasteiger partial charge in [0.1, 0.15) is 23.9 Å². The lowest BCUT2D eigenvalue weighted by molar-refractivity contribution is 0.0949. The molecule has 3 aromatic carbocycles. The van der Waals surface area contributed by atoms with E-state index in [0.29, 0.717) is 31.0 Å². The van der Waals surface area contributed by atoms with Crippen molar-refractivity contribution in [3.8, 4) is 11.5 Å². The molecule has 1 heterocycles. The second-order valence-electron chi connectivity index (χ2n) is 7.63. The smallest absolute Gasteiger partial charge is 0.251 e. The summed E-state index contributed by atoms with van der Waals surface area (Å²) in [5, 5.41) is 2.97. The summed E-state index contributed by atoms with van der Waals surface area (Å²) in [5.74, 6) is 2.24. The van der Waals surface area contributed by atoms with Crippen LogP contribution in [0.4, 0.5) is 0 Å². The van der Waals surface area contributed by atoms with Gasteiger partial charge < -0.3 is 19.4 Å². The summed E-state index contributed by atoms with van der Waals surface area (Å²) in [5.41, 5.74) is 4.85. The lowest BCUT2D eigenvalue weighted by Gasteiger charge is -2.13. The average molecular weight is 430 g/mol. The first kappa shape index (κ1) is 21.4. The van der Waals surface area contributed by atoms with Gasteiger partial charge in [-0.05, 0) is 67.4 Å². The van der Waals surface area contributed by atoms with Crippen molar-refractivity contribution in [2.45, 2.75) is 26.9 Å². The molecule has 6 nitrogen and oxygen atoms in total. The first-order valence-electron chi connectivity index (χ1n) is 10.6. The van der Waals surface area contributed by atoms with Crippen molar-refractivity contribution >= 4 is 16.9 Å². The first-order valence-corrected chi connectivity index (χ1v) is 10.6. The quantitative estimate of drug-likeness (QED) is 0.442. The Balaban J connectivity index is 1.48. The predicted molar refractivity (Wildman–Crippen MR) is 125 cm³/mol. The molecule has 0 spiro atoms. The maximum absolute atomic E-state index is 12.6. The zero-order valence-corrected chi connectivity index (χ0v) is 18.6. The number of carbonyl (C=O) groups excluding carboxylic acids is 1. The third kappa shape index (κ3) is 4.59. The van der Waals surface area contributed by atoms with Crippen LogP contribution in [0.25, 0.3) is 11.0 Å². The van der Waals surface area contributed by atoms with Crippen LogP contribution in [0.2, 0.25) is 0 Å². The van der Waals surface area contributed by atoms with Gasteiger partial charge in [0.25, 0.3) is 5.91 Å². The van der Waals surface area contributed by atoms with Crippen molar-refractivity contribution in [1.82, 2.24) is 14.9 Å². The van der Waals surface area contributed by atoms with Gasteiger partial charge in [-0.3, -0.25) is 4.79 Å². The van der Waals surface area contributed by atoms with Crippen LogP contribution in [0, 0.1) is 13.8 Å². The molecule has 0 aliphatic heterocycles. The molecule has 0 saturated carbocycles. The number of imidazole rings is 1. The van der Waals surface area contributed by atoms with Crippen LogP contribution in [0.1, 0.15) is 27.3 Å². The van der Waals surface area contributed by atoms with Crippen LogP contribution >= 0.6 is 0 Å². The van der Waals surface area contributed by atoms with E-state index < -0.39 is 0 Å². The summed E-state index contributed by atoms with van der Waals surface area (Å²) in [6.45, 7) is 5.60. The second kappa shape index (κ2) is 9.56. The number of ether oxygens (including phenoxy) is 2. The van der Waals surface area contributed by atoms with E-state index in [1.807, 2.05) is 36.4 Å². The molecule has 32 heavy (non-hydrogen) atoms. The van der Waals surface area contributed by atoms with Gasteiger partial charge in [-0.2, -0.15) is 0 Å². The summed E-state index contributed by atoms with van der Waals surface area (Å²) < 4.78 is 13.3. The first-order chi connectivity index (χ1) is 15.6. The van der Waals surface area contributed by atoms with Gasteiger partial charge >= 0.3 is 0 Å². The number of benzene rings is 3. The molecule has 0 radical (unpaired) electrons. The Morgan fingerprint density at radius 1 is 1.00 bits per heavy atom. The maximum atomic E-state index is 12.6. The highest BCUT2D eigenvalue weighted by Gasteiger charge is 2.13. The summed E-state index contributed by atoms with van der Waals surface area (Å²) >= 11 is 0. The second-order valence-corrected chi connectivity index (χ2v) is 7.63. The van der Waals surface area contributed by atoms with Crippen molar-refractivity contribution in [1.29, 1.82) is 0 Å². The Labute approximate surface area is 187 Å². The van der Waals surface area contributed by atoms with Crippen LogP contribution < -0.4 is 14.8 Å². The highest BCUT2D eigenvalue weighted by Crippen LogP contribution is 2.21. The number of aryl methyl sites for hydroxylation is 1. The van der Waals surface area contributed by atoms with Crippen molar-refractivity contribution in [3.05, 3.63) is 89.2 Å². The zero-order valence-electron chi connectivity index (χ0n) is 18.6. The maximum Gasteiger partial charge on any atom is 0.251 e. The van der Waals surface area contributed by atoms with Crippen molar-refractivity contribution in [2.75, 3.05) is 13.7 Å². The number of hydrogen-bond donors (Lipinski definition) is 1. The highest BCUT2D eigenvalue weighted by atomic mass is 16.5. The van der Waals surface area contributed by atoms with E-state index in [1.165, 1.54) is 5.56 Å². The molecule has 6 heteroatoms. The number of rotatable bonds is 8. The minimum absolute atomic E-state index is 0.155. The molecule has 0 bridgehead atoms. The summed E-state index contributed by atoms with van der Waals surface area (Å²) in [7, 11) is 1.60. The predicted octanol–water partition coefficient (Wildman–Crippen LogP) is 4.67. The normalized spacial score (nSPS) is 10.8. The van der Waals surface area contributed by atoms with E-state index in [1.54, 1.807) is 31.4 Å². The summed E-state index contributed by atoms with van der Waals surface area (Å²) in [4.78, 5) is 17.3. The molecule has 164 valence electrons. The molecule has 0 saturated heterocycles. The van der Waals surface area contributed by atoms with Crippen molar-refractivity contribution in [3.63, 3.8) is 0 Å². The Morgan fingerprint density at radius 3 is 2.56 bits per heavy atom. The van der Waals surface area contributed by atoms with Gasteiger partial charge in [-0.1, -0.05) is 24.3 Å². The highest BCUT2D eigenvalue weighted by molar-refractivity contribution is 5.94. The minimum Gasteiger partial charge on any atom is -0.497 e. The molecular formula is C26H27N3O3. The van der Waals surface area contributed by atoms with Gasteiger partial charge in [0.2, 0.25) is 0 Å². The number of para-hydroxylation sites is 2. The third-order valence-electron chi connectivity index (χ3n) is 5.62. The van der Waals surface area contributed by atoms with E-state index in [4.69, 9.17) is 14.5 Å². The van der Waals surface area contributed by atoms with E-state index in [0.717, 1.165) is 28.2 Å². The van der Waals surface area contributed by atoms with Crippen LogP contribution in [0.3, 0.4) is 0 Å². The molecular weight excluding hydrogens is 402 g/mol. The van der Waals surface area contributed by atoms with E-state index in [9.17, 15) is 4.79 Å². The van der Waals surface area contributed by atoms with E-state index in [2.05, 4.69) is 29.8 Å². The lowest BCUT2D eigenvalue weighted by Crippen LogP contribution is -2.25. The average Bonchev–Trinajstić information content (AvgIpc) is 3.18. The Hall–Kier alpha value is -3.80. The molecule has 0 unspecified atom stereocenters. The van der Waals surface area contributed by atoms with Gasteiger partial charge in [0, 0.05) is 5.56 Å². The number of aromatic nitrogens is 2. The number of hydrogen-bond acceptors (Lipinski definition) is 4. The standard InChI is InChI=1S/C26H27N3O3/c1-18-7-6-10-24(19(18)2)32-16-15-29-23-9-5-4-8-22(23)28-25(29)17-27-26(30)20-11-13-21(31-3)14-12-20/h4-14H,15-17H2,1-3H3,(H,27,30). The van der Waals surface area contributed by atoms with Gasteiger partial charge in [-0.25, -0.2) is 4.98 Å². The number of fused-ring (bicyclic) bond motifs is 1. The van der Waals surface area contributed by atoms with Gasteiger partial charge in [0.15, 0.2) is 0 Å². The molecule has 0 atom stereocenters. The molecule has 4 rings (SSSR count). The van der Waals surface area contributed by atoms with Crippen LogP contribution in [0.15, 0.2) is 66.7 Å². The Morgan fingerprint density at radius 2 is 1.78 bits per heavy atom. The number of nitrogens with one attached hydrogen (secondary N) is 1. The largest absolute Gasteiger partial charge is 0.497 e. The summed E-state index contributed by atoms with van der Waals surface area (Å²) in [6, 6.07) is 21.1. The number of amides is 1. The monoisotopic (exact) mass is 429 g/mol. The molecule has 0 aliphatic carbocycles. The molecule has 0 aliphatic rings. The zero-order chi connectivity index (χ0) is 22.5. The van der Waals surface area contributed by atoms with E-state index >= 15 is 0 Å².